The molecular weight excluding hydrogens is 553 g/mol. The number of benzene rings is 2. The maximum atomic E-state index is 12.0. The van der Waals surface area contributed by atoms with Gasteiger partial charge in [0.05, 0.1) is 28.5 Å². The van der Waals surface area contributed by atoms with Crippen LogP contribution in [0.25, 0.3) is 5.69 Å². The predicted octanol–water partition coefficient (Wildman–Crippen LogP) is 6.56. The lowest BCUT2D eigenvalue weighted by Gasteiger charge is -2.28. The van der Waals surface area contributed by atoms with Crippen molar-refractivity contribution in [1.29, 1.82) is 0 Å². The number of ether oxygens (including phenoxy) is 1. The molecule has 0 aliphatic carbocycles. The molecule has 7 nitrogen and oxygen atoms in total. The summed E-state index contributed by atoms with van der Waals surface area (Å²) in [5.41, 5.74) is 6.43. The molecule has 1 saturated heterocycles. The van der Waals surface area contributed by atoms with Gasteiger partial charge in [-0.25, -0.2) is 0 Å². The molecular formula is C29H27Cl2N5O2S. The van der Waals surface area contributed by atoms with Crippen LogP contribution in [0.3, 0.4) is 0 Å². The van der Waals surface area contributed by atoms with E-state index in [9.17, 15) is 4.79 Å². The second kappa shape index (κ2) is 11.4. The van der Waals surface area contributed by atoms with Crippen molar-refractivity contribution in [3.05, 3.63) is 106 Å². The normalized spacial score (nSPS) is 16.8. The smallest absolute Gasteiger partial charge is 0.250 e. The summed E-state index contributed by atoms with van der Waals surface area (Å²) in [6.07, 6.45) is 1.79. The van der Waals surface area contributed by atoms with Crippen molar-refractivity contribution < 1.29 is 9.53 Å². The average Bonchev–Trinajstić information content (AvgIpc) is 3.40. The number of pyridine rings is 1. The third kappa shape index (κ3) is 5.38. The number of rotatable bonds is 7. The van der Waals surface area contributed by atoms with E-state index in [2.05, 4.69) is 45.0 Å². The zero-order valence-electron chi connectivity index (χ0n) is 21.6. The van der Waals surface area contributed by atoms with Crippen LogP contribution in [0, 0.1) is 13.8 Å². The van der Waals surface area contributed by atoms with Crippen LogP contribution in [0.15, 0.2) is 72.9 Å². The Morgan fingerprint density at radius 1 is 1.10 bits per heavy atom. The topological polar surface area (TPSA) is 71.4 Å². The molecule has 10 heteroatoms. The summed E-state index contributed by atoms with van der Waals surface area (Å²) in [5.74, 6) is -0.218. The summed E-state index contributed by atoms with van der Waals surface area (Å²) in [7, 11) is 1.49. The number of thiocarbonyl (C=S) groups is 1. The molecule has 0 saturated carbocycles. The lowest BCUT2D eigenvalue weighted by molar-refractivity contribution is -0.119. The first-order valence-electron chi connectivity index (χ1n) is 12.3. The van der Waals surface area contributed by atoms with Crippen LogP contribution in [0.4, 0.5) is 11.4 Å². The van der Waals surface area contributed by atoms with Gasteiger partial charge in [-0.1, -0.05) is 29.3 Å². The Balaban J connectivity index is 1.59. The van der Waals surface area contributed by atoms with E-state index in [1.54, 1.807) is 12.3 Å². The largest absolute Gasteiger partial charge is 0.375 e. The Morgan fingerprint density at radius 2 is 1.87 bits per heavy atom. The van der Waals surface area contributed by atoms with Crippen LogP contribution < -0.4 is 15.5 Å². The van der Waals surface area contributed by atoms with Gasteiger partial charge in [0.2, 0.25) is 5.91 Å². The van der Waals surface area contributed by atoms with Gasteiger partial charge in [-0.15, -0.1) is 0 Å². The van der Waals surface area contributed by atoms with E-state index < -0.39 is 0 Å². The molecule has 3 heterocycles. The Labute approximate surface area is 242 Å². The molecule has 1 aliphatic heterocycles. The molecule has 5 rings (SSSR count). The molecule has 2 N–H and O–H groups in total. The van der Waals surface area contributed by atoms with E-state index in [0.29, 0.717) is 20.8 Å². The maximum Gasteiger partial charge on any atom is 0.250 e. The lowest BCUT2D eigenvalue weighted by Crippen LogP contribution is -2.29. The zero-order chi connectivity index (χ0) is 27.7. The van der Waals surface area contributed by atoms with Crippen molar-refractivity contribution >= 4 is 57.8 Å². The molecule has 0 bridgehead atoms. The number of anilines is 2. The quantitative estimate of drug-likeness (QED) is 0.242. The molecule has 39 heavy (non-hydrogen) atoms. The van der Waals surface area contributed by atoms with E-state index in [1.807, 2.05) is 54.6 Å². The van der Waals surface area contributed by atoms with E-state index in [1.165, 1.54) is 7.11 Å². The van der Waals surface area contributed by atoms with Gasteiger partial charge in [0.25, 0.3) is 0 Å². The third-order valence-electron chi connectivity index (χ3n) is 6.74. The number of hydrogen-bond donors (Lipinski definition) is 2. The van der Waals surface area contributed by atoms with Crippen molar-refractivity contribution in [3.8, 4) is 5.69 Å². The Morgan fingerprint density at radius 3 is 2.54 bits per heavy atom. The second-order valence-corrected chi connectivity index (χ2v) is 10.5. The molecule has 2 aromatic carbocycles. The van der Waals surface area contributed by atoms with Gasteiger partial charge in [0, 0.05) is 41.1 Å². The molecule has 4 aromatic rings. The number of methoxy groups -OCH3 is 1. The maximum absolute atomic E-state index is 12.0. The van der Waals surface area contributed by atoms with Gasteiger partial charge in [-0.3, -0.25) is 9.78 Å². The minimum absolute atomic E-state index is 0.0109. The van der Waals surface area contributed by atoms with E-state index >= 15 is 0 Å². The lowest BCUT2D eigenvalue weighted by atomic mass is 9.96. The van der Waals surface area contributed by atoms with Crippen molar-refractivity contribution in [2.24, 2.45) is 0 Å². The third-order valence-corrected chi connectivity index (χ3v) is 7.59. The van der Waals surface area contributed by atoms with Crippen LogP contribution in [-0.2, 0) is 9.53 Å². The van der Waals surface area contributed by atoms with Gasteiger partial charge in [0.1, 0.15) is 6.61 Å². The van der Waals surface area contributed by atoms with Crippen LogP contribution in [0.5, 0.6) is 0 Å². The number of aromatic nitrogens is 2. The Kier molecular flexibility index (Phi) is 7.91. The van der Waals surface area contributed by atoms with Crippen LogP contribution in [0.2, 0.25) is 10.0 Å². The van der Waals surface area contributed by atoms with Gasteiger partial charge in [-0.05, 0) is 92.3 Å². The van der Waals surface area contributed by atoms with E-state index in [4.69, 9.17) is 40.2 Å². The number of carbonyl (C=O) groups is 1. The molecule has 0 spiro atoms. The standard InChI is InChI=1S/C29H27Cl2N5O2S/c1-17-14-22(18(2)35(17)25-12-7-19(30)15-23(25)31)28-27(24-6-4-5-13-32-24)34-29(39)36(28)21-10-8-20(9-11-21)33-26(37)16-38-3/h4-15,27-28H,16H2,1-3H3,(H,33,37)(H,34,39). The second-order valence-electron chi connectivity index (χ2n) is 9.28. The summed E-state index contributed by atoms with van der Waals surface area (Å²) in [6, 6.07) is 20.7. The summed E-state index contributed by atoms with van der Waals surface area (Å²) in [4.78, 5) is 18.7. The highest BCUT2D eigenvalue weighted by Gasteiger charge is 2.42. The fraction of sp³-hybridized carbons (Fsp3) is 0.207. The first-order chi connectivity index (χ1) is 18.8. The number of aryl methyl sites for hydroxylation is 1. The first kappa shape index (κ1) is 27.1. The molecule has 1 amide bonds. The summed E-state index contributed by atoms with van der Waals surface area (Å²) >= 11 is 18.7. The van der Waals surface area contributed by atoms with Gasteiger partial charge in [0.15, 0.2) is 5.11 Å². The molecule has 1 aliphatic rings. The highest BCUT2D eigenvalue weighted by molar-refractivity contribution is 7.80. The van der Waals surface area contributed by atoms with E-state index in [-0.39, 0.29) is 24.6 Å². The van der Waals surface area contributed by atoms with Crippen molar-refractivity contribution in [2.75, 3.05) is 23.9 Å². The first-order valence-corrected chi connectivity index (χ1v) is 13.5. The van der Waals surface area contributed by atoms with E-state index in [0.717, 1.165) is 34.0 Å². The van der Waals surface area contributed by atoms with Crippen LogP contribution in [-0.4, -0.2) is 34.3 Å². The Hall–Kier alpha value is -3.43. The SMILES string of the molecule is COCC(=O)Nc1ccc(N2C(=S)NC(c3ccccn3)C2c2cc(C)n(-c3ccc(Cl)cc3Cl)c2C)cc1. The van der Waals surface area contributed by atoms with Crippen molar-refractivity contribution in [1.82, 2.24) is 14.9 Å². The summed E-state index contributed by atoms with van der Waals surface area (Å²) in [5, 5.41) is 8.07. The van der Waals surface area contributed by atoms with Crippen molar-refractivity contribution in [3.63, 3.8) is 0 Å². The fourth-order valence-corrected chi connectivity index (χ4v) is 5.94. The zero-order valence-corrected chi connectivity index (χ0v) is 23.9. The van der Waals surface area contributed by atoms with Gasteiger partial charge in [-0.2, -0.15) is 0 Å². The molecule has 1 fully saturated rings. The number of nitrogens with zero attached hydrogens (tertiary/aromatic N) is 3. The van der Waals surface area contributed by atoms with Crippen LogP contribution >= 0.6 is 35.4 Å². The number of hydrogen-bond acceptors (Lipinski definition) is 4. The van der Waals surface area contributed by atoms with Crippen LogP contribution in [0.1, 0.15) is 34.7 Å². The molecule has 2 aromatic heterocycles. The number of halogens is 2. The molecule has 2 atom stereocenters. The highest BCUT2D eigenvalue weighted by Crippen LogP contribution is 2.44. The minimum Gasteiger partial charge on any atom is -0.375 e. The molecule has 200 valence electrons. The van der Waals surface area contributed by atoms with Crippen molar-refractivity contribution in [2.45, 2.75) is 25.9 Å². The Bertz CT molecular complexity index is 1520. The summed E-state index contributed by atoms with van der Waals surface area (Å²) in [6.45, 7) is 4.12. The monoisotopic (exact) mass is 579 g/mol. The summed E-state index contributed by atoms with van der Waals surface area (Å²) < 4.78 is 7.05. The number of amides is 1. The van der Waals surface area contributed by atoms with Gasteiger partial charge >= 0.3 is 0 Å². The number of nitrogens with one attached hydrogen (secondary N) is 2. The molecule has 2 unspecified atom stereocenters. The fourth-order valence-electron chi connectivity index (χ4n) is 5.10. The predicted molar refractivity (Wildman–Crippen MR) is 160 cm³/mol. The highest BCUT2D eigenvalue weighted by atomic mass is 35.5. The van der Waals surface area contributed by atoms with Gasteiger partial charge < -0.3 is 24.8 Å². The average molecular weight is 581 g/mol. The molecule has 0 radical (unpaired) electrons. The minimum atomic E-state index is -0.218. The number of carbonyl (C=O) groups excluding carboxylic acids is 1.